The summed E-state index contributed by atoms with van der Waals surface area (Å²) in [7, 11) is 0. The second-order valence-electron chi connectivity index (χ2n) is 7.78. The first-order chi connectivity index (χ1) is 17.8. The van der Waals surface area contributed by atoms with Crippen LogP contribution in [-0.2, 0) is 0 Å². The lowest BCUT2D eigenvalue weighted by atomic mass is 10.3. The lowest BCUT2D eigenvalue weighted by molar-refractivity contribution is 0.449. The molecule has 0 unspecified atom stereocenters. The average Bonchev–Trinajstić information content (AvgIpc) is 3.69. The molecule has 4 aromatic heterocycles. The van der Waals surface area contributed by atoms with E-state index < -0.39 is 0 Å². The normalized spacial score (nSPS) is 24.9. The van der Waals surface area contributed by atoms with Gasteiger partial charge in [-0.05, 0) is 72.8 Å². The highest BCUT2D eigenvalue weighted by atomic mass is 16.4. The summed E-state index contributed by atoms with van der Waals surface area (Å²) < 4.78 is 23.5. The minimum absolute atomic E-state index is 0.687. The SMILES string of the molecule is C1=C\C=C/C=c2/cc/c(o2)=c2\cc/c(o2)=C/C=C\C=C/C=C\C=c2\cc/c(o2)=c2\cc\c(o2)=C\C=C/1. The molecule has 0 atom stereocenters. The molecule has 0 aromatic carbocycles. The summed E-state index contributed by atoms with van der Waals surface area (Å²) in [5.74, 6) is 0. The molecule has 0 saturated heterocycles. The largest absolute Gasteiger partial charge is 0.453 e. The molecule has 1 aliphatic heterocycles. The zero-order valence-corrected chi connectivity index (χ0v) is 19.5. The van der Waals surface area contributed by atoms with Crippen LogP contribution in [0.4, 0.5) is 0 Å². The summed E-state index contributed by atoms with van der Waals surface area (Å²) in [6, 6.07) is 15.3. The van der Waals surface area contributed by atoms with Crippen LogP contribution in [-0.4, -0.2) is 0 Å². The van der Waals surface area contributed by atoms with Gasteiger partial charge in [0, 0.05) is 0 Å². The molecule has 0 saturated carbocycles. The molecule has 0 aliphatic carbocycles. The van der Waals surface area contributed by atoms with Crippen molar-refractivity contribution < 1.29 is 17.7 Å². The van der Waals surface area contributed by atoms with Gasteiger partial charge in [-0.1, -0.05) is 72.9 Å². The van der Waals surface area contributed by atoms with E-state index in [4.69, 9.17) is 17.7 Å². The summed E-state index contributed by atoms with van der Waals surface area (Å²) in [4.78, 5) is 0. The Morgan fingerprint density at radius 2 is 0.472 bits per heavy atom. The van der Waals surface area contributed by atoms with Crippen LogP contribution in [0.3, 0.4) is 0 Å². The minimum atomic E-state index is 0.687. The van der Waals surface area contributed by atoms with Crippen LogP contribution in [0.5, 0.6) is 0 Å². The smallest absolute Gasteiger partial charge is 0.170 e. The monoisotopic (exact) mass is 472 g/mol. The van der Waals surface area contributed by atoms with E-state index in [2.05, 4.69) is 0 Å². The molecule has 0 radical (unpaired) electrons. The highest BCUT2D eigenvalue weighted by molar-refractivity contribution is 5.39. The molecule has 4 aromatic rings. The van der Waals surface area contributed by atoms with E-state index in [0.29, 0.717) is 21.7 Å². The predicted octanol–water partition coefficient (Wildman–Crippen LogP) is 4.81. The third-order valence-electron chi connectivity index (χ3n) is 5.15. The standard InChI is InChI=1S/C32H24O4/c1-2-6-10-14-26-18-22-31(34-26)32-24-20-28(36-32)16-12-8-4-3-7-11-15-27-19-23-30(35-27)29-21-17-25(33-29)13-9-5-1/h1-24H/b2-1-,4-3-,5-1?,6-2?,7-3?,8-4?,9-5-,10-6-,11-7-,12-8-,13-9?,14-10?,15-11?,16-12?,25-13-,26-14-,27-15-,28-16-,30-29-,32-31-. The topological polar surface area (TPSA) is 52.6 Å². The Morgan fingerprint density at radius 3 is 0.722 bits per heavy atom. The molecule has 36 heavy (non-hydrogen) atoms. The molecule has 5 rings (SSSR count). The molecular weight excluding hydrogens is 448 g/mol. The zero-order valence-electron chi connectivity index (χ0n) is 19.5. The van der Waals surface area contributed by atoms with E-state index in [1.165, 1.54) is 0 Å². The Hall–Kier alpha value is -4.96. The Kier molecular flexibility index (Phi) is 7.26. The van der Waals surface area contributed by atoms with Crippen molar-refractivity contribution in [1.29, 1.82) is 0 Å². The van der Waals surface area contributed by atoms with E-state index in [0.717, 1.165) is 21.7 Å². The van der Waals surface area contributed by atoms with Crippen LogP contribution in [0.25, 0.3) is 24.3 Å². The molecule has 0 N–H and O–H groups in total. The first-order valence-corrected chi connectivity index (χ1v) is 11.6. The molecule has 0 spiro atoms. The number of fused-ring (bicyclic) bond motifs is 8. The number of furan rings is 4. The van der Waals surface area contributed by atoms with Crippen molar-refractivity contribution in [3.8, 4) is 0 Å². The van der Waals surface area contributed by atoms with Crippen molar-refractivity contribution in [3.05, 3.63) is 165 Å². The van der Waals surface area contributed by atoms with E-state index >= 15 is 0 Å². The second kappa shape index (κ2) is 11.4. The van der Waals surface area contributed by atoms with Crippen molar-refractivity contribution in [2.24, 2.45) is 0 Å². The Bertz CT molecular complexity index is 1660. The fourth-order valence-electron chi connectivity index (χ4n) is 3.41. The van der Waals surface area contributed by atoms with E-state index in [-0.39, 0.29) is 0 Å². The highest BCUT2D eigenvalue weighted by Crippen LogP contribution is 1.95. The number of hydrogen-bond acceptors (Lipinski definition) is 4. The van der Waals surface area contributed by atoms with Crippen molar-refractivity contribution in [1.82, 2.24) is 0 Å². The van der Waals surface area contributed by atoms with E-state index in [9.17, 15) is 0 Å². The van der Waals surface area contributed by atoms with Gasteiger partial charge in [0.25, 0.3) is 0 Å². The summed E-state index contributed by atoms with van der Waals surface area (Å²) in [6.45, 7) is 0. The van der Waals surface area contributed by atoms with Crippen LogP contribution in [0, 0.1) is 21.7 Å². The zero-order chi connectivity index (χ0) is 24.4. The van der Waals surface area contributed by atoms with Crippen LogP contribution in [0.2, 0.25) is 0 Å². The van der Waals surface area contributed by atoms with Gasteiger partial charge >= 0.3 is 0 Å². The maximum Gasteiger partial charge on any atom is 0.170 e. The van der Waals surface area contributed by atoms with Crippen LogP contribution >= 0.6 is 0 Å². The summed E-state index contributed by atoms with van der Waals surface area (Å²) >= 11 is 0. The maximum absolute atomic E-state index is 5.87. The summed E-state index contributed by atoms with van der Waals surface area (Å²) in [5.41, 5.74) is 5.75. The Morgan fingerprint density at radius 1 is 0.250 bits per heavy atom. The average molecular weight is 473 g/mol. The summed E-state index contributed by atoms with van der Waals surface area (Å²) in [6.07, 6.45) is 30.8. The van der Waals surface area contributed by atoms with Gasteiger partial charge in [0.05, 0.1) is 0 Å². The first-order valence-electron chi connectivity index (χ1n) is 11.6. The van der Waals surface area contributed by atoms with E-state index in [1.54, 1.807) is 0 Å². The first kappa shape index (κ1) is 22.8. The van der Waals surface area contributed by atoms with Crippen molar-refractivity contribution in [2.45, 2.75) is 0 Å². The number of allylic oxidation sites excluding steroid dienone is 12. The number of rotatable bonds is 0. The van der Waals surface area contributed by atoms with Gasteiger partial charge in [-0.15, -0.1) is 0 Å². The van der Waals surface area contributed by atoms with Crippen molar-refractivity contribution in [3.63, 3.8) is 0 Å². The van der Waals surface area contributed by atoms with Gasteiger partial charge in [-0.2, -0.15) is 0 Å². The molecule has 8 bridgehead atoms. The van der Waals surface area contributed by atoms with Crippen LogP contribution < -0.4 is 21.7 Å². The molecule has 176 valence electrons. The molecule has 5 heterocycles. The van der Waals surface area contributed by atoms with Gasteiger partial charge in [-0.25, -0.2) is 0 Å². The van der Waals surface area contributed by atoms with Crippen molar-refractivity contribution >= 4 is 24.3 Å². The Balaban J connectivity index is 1.49. The van der Waals surface area contributed by atoms with Gasteiger partial charge in [0.1, 0.15) is 21.7 Å². The lowest BCUT2D eigenvalue weighted by Gasteiger charge is -1.78. The van der Waals surface area contributed by atoms with Crippen LogP contribution in [0.1, 0.15) is 0 Å². The number of hydrogen-bond donors (Lipinski definition) is 0. The highest BCUT2D eigenvalue weighted by Gasteiger charge is 1.93. The minimum Gasteiger partial charge on any atom is -0.453 e. The fourth-order valence-corrected chi connectivity index (χ4v) is 3.41. The molecular formula is C32H24O4. The third kappa shape index (κ3) is 6.13. The molecule has 0 fully saturated rings. The maximum atomic E-state index is 5.87. The second-order valence-corrected chi connectivity index (χ2v) is 7.78. The molecule has 4 heteroatoms. The molecule has 0 amide bonds. The lowest BCUT2D eigenvalue weighted by Crippen LogP contribution is -1.90. The quantitative estimate of drug-likeness (QED) is 0.369. The predicted molar refractivity (Wildman–Crippen MR) is 141 cm³/mol. The molecule has 4 nitrogen and oxygen atoms in total. The van der Waals surface area contributed by atoms with Gasteiger partial charge < -0.3 is 17.7 Å². The Labute approximate surface area is 206 Å². The van der Waals surface area contributed by atoms with Crippen molar-refractivity contribution in [2.75, 3.05) is 0 Å². The van der Waals surface area contributed by atoms with Gasteiger partial charge in [0.15, 0.2) is 21.7 Å². The van der Waals surface area contributed by atoms with Crippen LogP contribution in [0.15, 0.2) is 139 Å². The van der Waals surface area contributed by atoms with Gasteiger partial charge in [0.2, 0.25) is 0 Å². The third-order valence-corrected chi connectivity index (χ3v) is 5.15. The van der Waals surface area contributed by atoms with E-state index in [1.807, 2.05) is 146 Å². The van der Waals surface area contributed by atoms with Gasteiger partial charge in [-0.3, -0.25) is 0 Å². The summed E-state index contributed by atoms with van der Waals surface area (Å²) in [5, 5.41) is 0. The fraction of sp³-hybridized carbons (Fsp3) is 0. The molecule has 1 aliphatic rings.